The summed E-state index contributed by atoms with van der Waals surface area (Å²) in [5.41, 5.74) is 0.822. The van der Waals surface area contributed by atoms with Gasteiger partial charge in [0, 0.05) is 17.3 Å². The van der Waals surface area contributed by atoms with Gasteiger partial charge in [0.1, 0.15) is 11.6 Å². The summed E-state index contributed by atoms with van der Waals surface area (Å²) < 4.78 is 4.96. The fraction of sp³-hybridized carbons (Fsp3) is 0.0625. The zero-order chi connectivity index (χ0) is 17.1. The van der Waals surface area contributed by atoms with Crippen molar-refractivity contribution in [3.8, 4) is 0 Å². The number of benzene rings is 1. The van der Waals surface area contributed by atoms with Gasteiger partial charge >= 0.3 is 0 Å². The van der Waals surface area contributed by atoms with Crippen LogP contribution in [0.25, 0.3) is 0 Å². The van der Waals surface area contributed by atoms with Crippen LogP contribution in [-0.4, -0.2) is 16.0 Å². The van der Waals surface area contributed by atoms with E-state index in [0.29, 0.717) is 38.7 Å². The Morgan fingerprint density at radius 2 is 1.96 bits per heavy atom. The molecule has 6 nitrogen and oxygen atoms in total. The molecule has 0 aliphatic heterocycles. The molecule has 0 aliphatic carbocycles. The number of rotatable bonds is 4. The first kappa shape index (κ1) is 16.3. The highest BCUT2D eigenvalue weighted by Gasteiger charge is 2.10. The Morgan fingerprint density at radius 3 is 2.62 bits per heavy atom. The molecule has 2 heterocycles. The highest BCUT2D eigenvalue weighted by atomic mass is 35.5. The van der Waals surface area contributed by atoms with E-state index in [4.69, 9.17) is 27.7 Å². The zero-order valence-corrected chi connectivity index (χ0v) is 14.0. The molecule has 0 atom stereocenters. The Labute approximate surface area is 147 Å². The number of pyridine rings is 1. The summed E-state index contributed by atoms with van der Waals surface area (Å²) in [6, 6.07) is 9.88. The smallest absolute Gasteiger partial charge is 0.257 e. The molecule has 1 amide bonds. The number of hydrogen-bond acceptors (Lipinski definition) is 5. The van der Waals surface area contributed by atoms with Crippen LogP contribution >= 0.6 is 23.2 Å². The number of amides is 1. The van der Waals surface area contributed by atoms with Crippen LogP contribution < -0.4 is 10.6 Å². The van der Waals surface area contributed by atoms with E-state index >= 15 is 0 Å². The maximum absolute atomic E-state index is 12.2. The predicted molar refractivity (Wildman–Crippen MR) is 93.2 cm³/mol. The lowest BCUT2D eigenvalue weighted by Gasteiger charge is -2.08. The third-order valence-electron chi connectivity index (χ3n) is 3.09. The molecule has 24 heavy (non-hydrogen) atoms. The van der Waals surface area contributed by atoms with Crippen LogP contribution in [0.1, 0.15) is 16.1 Å². The van der Waals surface area contributed by atoms with Gasteiger partial charge in [-0.3, -0.25) is 4.79 Å². The van der Waals surface area contributed by atoms with Crippen molar-refractivity contribution in [2.45, 2.75) is 6.92 Å². The lowest BCUT2D eigenvalue weighted by Crippen LogP contribution is -2.12. The second-order valence-electron chi connectivity index (χ2n) is 4.96. The van der Waals surface area contributed by atoms with Crippen molar-refractivity contribution in [1.29, 1.82) is 0 Å². The molecule has 0 saturated heterocycles. The second kappa shape index (κ2) is 6.90. The highest BCUT2D eigenvalue weighted by Crippen LogP contribution is 2.26. The van der Waals surface area contributed by atoms with Crippen LogP contribution in [0.4, 0.5) is 17.3 Å². The van der Waals surface area contributed by atoms with Gasteiger partial charge in [-0.1, -0.05) is 28.4 Å². The van der Waals surface area contributed by atoms with Crippen LogP contribution in [0.5, 0.6) is 0 Å². The van der Waals surface area contributed by atoms with Crippen LogP contribution in [0.3, 0.4) is 0 Å². The number of aromatic nitrogens is 2. The van der Waals surface area contributed by atoms with Crippen molar-refractivity contribution >= 4 is 46.4 Å². The summed E-state index contributed by atoms with van der Waals surface area (Å²) in [5.74, 6) is 1.44. The normalized spacial score (nSPS) is 10.5. The second-order valence-corrected chi connectivity index (χ2v) is 5.80. The summed E-state index contributed by atoms with van der Waals surface area (Å²) in [7, 11) is 0. The molecule has 3 rings (SSSR count). The zero-order valence-electron chi connectivity index (χ0n) is 12.5. The van der Waals surface area contributed by atoms with Crippen LogP contribution in [0.2, 0.25) is 10.0 Å². The van der Waals surface area contributed by atoms with E-state index in [1.54, 1.807) is 43.3 Å². The summed E-state index contributed by atoms with van der Waals surface area (Å²) >= 11 is 11.9. The van der Waals surface area contributed by atoms with Gasteiger partial charge in [0.2, 0.25) is 0 Å². The van der Waals surface area contributed by atoms with Crippen LogP contribution in [0.15, 0.2) is 47.1 Å². The molecule has 0 spiro atoms. The molecule has 122 valence electrons. The molecule has 0 unspecified atom stereocenters. The summed E-state index contributed by atoms with van der Waals surface area (Å²) in [6.45, 7) is 1.79. The van der Waals surface area contributed by atoms with Gasteiger partial charge in [0.15, 0.2) is 5.82 Å². The minimum Gasteiger partial charge on any atom is -0.360 e. The van der Waals surface area contributed by atoms with Crippen molar-refractivity contribution in [3.05, 3.63) is 64.0 Å². The van der Waals surface area contributed by atoms with Crippen molar-refractivity contribution in [2.75, 3.05) is 10.6 Å². The monoisotopic (exact) mass is 362 g/mol. The number of hydrogen-bond donors (Lipinski definition) is 2. The highest BCUT2D eigenvalue weighted by molar-refractivity contribution is 6.35. The molecule has 0 radical (unpaired) electrons. The fourth-order valence-electron chi connectivity index (χ4n) is 1.95. The van der Waals surface area contributed by atoms with E-state index in [1.165, 1.54) is 6.20 Å². The molecule has 3 aromatic rings. The van der Waals surface area contributed by atoms with Gasteiger partial charge in [-0.2, -0.15) is 0 Å². The first-order valence-electron chi connectivity index (χ1n) is 6.94. The van der Waals surface area contributed by atoms with Crippen molar-refractivity contribution in [3.63, 3.8) is 0 Å². The van der Waals surface area contributed by atoms with Gasteiger partial charge in [0.25, 0.3) is 5.91 Å². The van der Waals surface area contributed by atoms with Gasteiger partial charge < -0.3 is 15.2 Å². The van der Waals surface area contributed by atoms with Gasteiger partial charge in [0.05, 0.1) is 16.3 Å². The lowest BCUT2D eigenvalue weighted by molar-refractivity contribution is 0.102. The standard InChI is InChI=1S/C16H12Cl2N4O2/c1-9-6-15(22-24-9)21-14-5-2-10(8-19-14)16(23)20-13-7-11(17)3-4-12(13)18/h2-8H,1H3,(H,20,23)(H,19,21,22). The molecule has 0 bridgehead atoms. The number of nitrogens with one attached hydrogen (secondary N) is 2. The minimum atomic E-state index is -0.338. The molecule has 0 saturated carbocycles. The molecule has 0 fully saturated rings. The Hall–Kier alpha value is -2.57. The lowest BCUT2D eigenvalue weighted by atomic mass is 10.2. The third-order valence-corrected chi connectivity index (χ3v) is 3.65. The fourth-order valence-corrected chi connectivity index (χ4v) is 2.28. The maximum atomic E-state index is 12.2. The Balaban J connectivity index is 1.70. The molecule has 2 aromatic heterocycles. The molecular formula is C16H12Cl2N4O2. The van der Waals surface area contributed by atoms with Crippen molar-refractivity contribution in [1.82, 2.24) is 10.1 Å². The summed E-state index contributed by atoms with van der Waals surface area (Å²) in [4.78, 5) is 16.4. The number of carbonyl (C=O) groups excluding carboxylic acids is 1. The predicted octanol–water partition coefficient (Wildman–Crippen LogP) is 4.68. The largest absolute Gasteiger partial charge is 0.360 e. The maximum Gasteiger partial charge on any atom is 0.257 e. The topological polar surface area (TPSA) is 80.0 Å². The first-order valence-corrected chi connectivity index (χ1v) is 7.69. The number of anilines is 3. The average Bonchev–Trinajstić information content (AvgIpc) is 2.96. The summed E-state index contributed by atoms with van der Waals surface area (Å²) in [5, 5.41) is 10.4. The minimum absolute atomic E-state index is 0.338. The molecular weight excluding hydrogens is 351 g/mol. The van der Waals surface area contributed by atoms with E-state index in [1.807, 2.05) is 0 Å². The van der Waals surface area contributed by atoms with E-state index < -0.39 is 0 Å². The van der Waals surface area contributed by atoms with Crippen molar-refractivity contribution in [2.24, 2.45) is 0 Å². The number of nitrogens with zero attached hydrogens (tertiary/aromatic N) is 2. The SMILES string of the molecule is Cc1cc(Nc2ccc(C(=O)Nc3cc(Cl)ccc3Cl)cn2)no1. The Kier molecular flexibility index (Phi) is 4.69. The number of aryl methyl sites for hydroxylation is 1. The van der Waals surface area contributed by atoms with E-state index in [9.17, 15) is 4.79 Å². The first-order chi connectivity index (χ1) is 11.5. The van der Waals surface area contributed by atoms with E-state index in [2.05, 4.69) is 20.8 Å². The summed E-state index contributed by atoms with van der Waals surface area (Å²) in [6.07, 6.45) is 1.45. The number of halogens is 2. The molecule has 1 aromatic carbocycles. The number of carbonyl (C=O) groups is 1. The Morgan fingerprint density at radius 1 is 1.12 bits per heavy atom. The Bertz CT molecular complexity index is 878. The van der Waals surface area contributed by atoms with E-state index in [0.717, 1.165) is 0 Å². The van der Waals surface area contributed by atoms with Gasteiger partial charge in [-0.05, 0) is 37.3 Å². The average molecular weight is 363 g/mol. The third kappa shape index (κ3) is 3.84. The molecule has 2 N–H and O–H groups in total. The molecule has 0 aliphatic rings. The quantitative estimate of drug-likeness (QED) is 0.704. The van der Waals surface area contributed by atoms with Crippen molar-refractivity contribution < 1.29 is 9.32 Å². The molecule has 8 heteroatoms. The van der Waals surface area contributed by atoms with Gasteiger partial charge in [-0.25, -0.2) is 4.98 Å². The van der Waals surface area contributed by atoms with Crippen LogP contribution in [0, 0.1) is 6.92 Å². The van der Waals surface area contributed by atoms with E-state index in [-0.39, 0.29) is 5.91 Å². The van der Waals surface area contributed by atoms with Gasteiger partial charge in [-0.15, -0.1) is 0 Å². The van der Waals surface area contributed by atoms with Crippen LogP contribution in [-0.2, 0) is 0 Å².